The molecule has 110 valence electrons. The number of rotatable bonds is 3. The van der Waals surface area contributed by atoms with E-state index in [9.17, 15) is 9.18 Å². The second-order valence-electron chi connectivity index (χ2n) is 4.88. The third-order valence-electron chi connectivity index (χ3n) is 2.86. The normalized spacial score (nSPS) is 10.7. The SMILES string of the molecule is CC(C)OC(=O)c1cc(F)cc(-c2ccc(Cl)cc2)c1N. The summed E-state index contributed by atoms with van der Waals surface area (Å²) < 4.78 is 18.9. The van der Waals surface area contributed by atoms with Crippen LogP contribution in [0.5, 0.6) is 0 Å². The maximum Gasteiger partial charge on any atom is 0.340 e. The fourth-order valence-electron chi connectivity index (χ4n) is 1.93. The minimum atomic E-state index is -0.641. The number of esters is 1. The predicted octanol–water partition coefficient (Wildman–Crippen LogP) is 4.29. The number of carbonyl (C=O) groups excluding carboxylic acids is 1. The smallest absolute Gasteiger partial charge is 0.340 e. The molecule has 0 saturated carbocycles. The Morgan fingerprint density at radius 1 is 1.24 bits per heavy atom. The average Bonchev–Trinajstić information content (AvgIpc) is 2.41. The first-order valence-corrected chi connectivity index (χ1v) is 6.82. The lowest BCUT2D eigenvalue weighted by Gasteiger charge is -2.13. The monoisotopic (exact) mass is 307 g/mol. The van der Waals surface area contributed by atoms with Crippen LogP contribution in [0.15, 0.2) is 36.4 Å². The lowest BCUT2D eigenvalue weighted by molar-refractivity contribution is 0.0378. The molecule has 0 aliphatic rings. The molecule has 2 N–H and O–H groups in total. The Balaban J connectivity index is 2.51. The van der Waals surface area contributed by atoms with Gasteiger partial charge in [0.15, 0.2) is 0 Å². The van der Waals surface area contributed by atoms with Gasteiger partial charge in [-0.15, -0.1) is 0 Å². The Bertz CT molecular complexity index is 669. The van der Waals surface area contributed by atoms with Crippen LogP contribution in [0.3, 0.4) is 0 Å². The van der Waals surface area contributed by atoms with Crippen molar-refractivity contribution in [1.82, 2.24) is 0 Å². The number of carbonyl (C=O) groups is 1. The van der Waals surface area contributed by atoms with Gasteiger partial charge in [0, 0.05) is 10.6 Å². The van der Waals surface area contributed by atoms with Gasteiger partial charge in [-0.3, -0.25) is 0 Å². The molecule has 0 aromatic heterocycles. The summed E-state index contributed by atoms with van der Waals surface area (Å²) in [6.45, 7) is 3.43. The lowest BCUT2D eigenvalue weighted by atomic mass is 10.00. The molecule has 2 rings (SSSR count). The van der Waals surface area contributed by atoms with Gasteiger partial charge in [0.2, 0.25) is 0 Å². The molecule has 5 heteroatoms. The number of nitrogens with two attached hydrogens (primary N) is 1. The summed E-state index contributed by atoms with van der Waals surface area (Å²) in [6.07, 6.45) is -0.306. The number of nitrogen functional groups attached to an aromatic ring is 1. The molecule has 0 unspecified atom stereocenters. The Hall–Kier alpha value is -2.07. The quantitative estimate of drug-likeness (QED) is 0.679. The number of ether oxygens (including phenoxy) is 1. The predicted molar refractivity (Wildman–Crippen MR) is 81.8 cm³/mol. The van der Waals surface area contributed by atoms with E-state index in [-0.39, 0.29) is 17.4 Å². The van der Waals surface area contributed by atoms with Crippen LogP contribution in [0, 0.1) is 5.82 Å². The Morgan fingerprint density at radius 2 is 1.86 bits per heavy atom. The molecule has 0 spiro atoms. The summed E-state index contributed by atoms with van der Waals surface area (Å²) >= 11 is 5.83. The van der Waals surface area contributed by atoms with Crippen molar-refractivity contribution in [3.05, 3.63) is 52.8 Å². The molecular formula is C16H15ClFNO2. The molecule has 0 bridgehead atoms. The van der Waals surface area contributed by atoms with E-state index in [1.807, 2.05) is 0 Å². The second-order valence-corrected chi connectivity index (χ2v) is 5.31. The zero-order valence-corrected chi connectivity index (χ0v) is 12.4. The van der Waals surface area contributed by atoms with Crippen LogP contribution in [0.25, 0.3) is 11.1 Å². The molecule has 3 nitrogen and oxygen atoms in total. The molecule has 0 radical (unpaired) electrons. The van der Waals surface area contributed by atoms with Crippen molar-refractivity contribution in [2.45, 2.75) is 20.0 Å². The molecular weight excluding hydrogens is 293 g/mol. The first kappa shape index (κ1) is 15.3. The largest absolute Gasteiger partial charge is 0.459 e. The van der Waals surface area contributed by atoms with E-state index in [1.54, 1.807) is 38.1 Å². The molecule has 0 saturated heterocycles. The van der Waals surface area contributed by atoms with Gasteiger partial charge in [0.25, 0.3) is 0 Å². The summed E-state index contributed by atoms with van der Waals surface area (Å²) in [6, 6.07) is 9.14. The van der Waals surface area contributed by atoms with E-state index in [2.05, 4.69) is 0 Å². The molecule has 2 aromatic rings. The van der Waals surface area contributed by atoms with Gasteiger partial charge in [-0.25, -0.2) is 9.18 Å². The van der Waals surface area contributed by atoms with E-state index < -0.39 is 11.8 Å². The number of hydrogen-bond donors (Lipinski definition) is 1. The van der Waals surface area contributed by atoms with Crippen molar-refractivity contribution in [1.29, 1.82) is 0 Å². The van der Waals surface area contributed by atoms with Crippen LogP contribution < -0.4 is 5.73 Å². The standard InChI is InChI=1S/C16H15ClFNO2/c1-9(2)21-16(20)14-8-12(18)7-13(15(14)19)10-3-5-11(17)6-4-10/h3-9H,19H2,1-2H3. The van der Waals surface area contributed by atoms with Crippen LogP contribution in [-0.2, 0) is 4.74 Å². The summed E-state index contributed by atoms with van der Waals surface area (Å²) in [5.41, 5.74) is 7.31. The number of anilines is 1. The van der Waals surface area contributed by atoms with Crippen molar-refractivity contribution in [2.24, 2.45) is 0 Å². The lowest BCUT2D eigenvalue weighted by Crippen LogP contribution is -2.14. The Kier molecular flexibility index (Phi) is 4.48. The highest BCUT2D eigenvalue weighted by molar-refractivity contribution is 6.30. The van der Waals surface area contributed by atoms with Crippen molar-refractivity contribution in [3.63, 3.8) is 0 Å². The fourth-order valence-corrected chi connectivity index (χ4v) is 2.06. The number of benzene rings is 2. The number of hydrogen-bond acceptors (Lipinski definition) is 3. The van der Waals surface area contributed by atoms with Gasteiger partial charge in [0.05, 0.1) is 17.4 Å². The number of halogens is 2. The zero-order chi connectivity index (χ0) is 15.6. The first-order chi connectivity index (χ1) is 9.88. The molecule has 0 aliphatic heterocycles. The van der Waals surface area contributed by atoms with Crippen LogP contribution in [0.1, 0.15) is 24.2 Å². The molecule has 0 fully saturated rings. The molecule has 0 amide bonds. The fraction of sp³-hybridized carbons (Fsp3) is 0.188. The summed E-state index contributed by atoms with van der Waals surface area (Å²) in [5, 5.41) is 0.563. The molecule has 2 aromatic carbocycles. The molecule has 0 aliphatic carbocycles. The highest BCUT2D eigenvalue weighted by Gasteiger charge is 2.18. The topological polar surface area (TPSA) is 52.3 Å². The van der Waals surface area contributed by atoms with Gasteiger partial charge in [-0.05, 0) is 43.7 Å². The minimum Gasteiger partial charge on any atom is -0.459 e. The van der Waals surface area contributed by atoms with Gasteiger partial charge >= 0.3 is 5.97 Å². The van der Waals surface area contributed by atoms with E-state index in [0.717, 1.165) is 6.07 Å². The third kappa shape index (κ3) is 3.52. The van der Waals surface area contributed by atoms with Gasteiger partial charge in [0.1, 0.15) is 5.82 Å². The minimum absolute atomic E-state index is 0.0219. The van der Waals surface area contributed by atoms with Gasteiger partial charge in [-0.2, -0.15) is 0 Å². The van der Waals surface area contributed by atoms with Crippen LogP contribution in [0.2, 0.25) is 5.02 Å². The highest BCUT2D eigenvalue weighted by atomic mass is 35.5. The van der Waals surface area contributed by atoms with Crippen LogP contribution in [0.4, 0.5) is 10.1 Å². The van der Waals surface area contributed by atoms with Crippen molar-refractivity contribution >= 4 is 23.3 Å². The summed E-state index contributed by atoms with van der Waals surface area (Å²) in [4.78, 5) is 12.0. The third-order valence-corrected chi connectivity index (χ3v) is 3.11. The molecule has 0 heterocycles. The summed E-state index contributed by atoms with van der Waals surface area (Å²) in [5.74, 6) is -1.19. The van der Waals surface area contributed by atoms with Crippen LogP contribution >= 0.6 is 11.6 Å². The van der Waals surface area contributed by atoms with Crippen molar-refractivity contribution < 1.29 is 13.9 Å². The molecule has 21 heavy (non-hydrogen) atoms. The Morgan fingerprint density at radius 3 is 2.43 bits per heavy atom. The molecule has 0 atom stereocenters. The van der Waals surface area contributed by atoms with E-state index in [1.165, 1.54) is 6.07 Å². The summed E-state index contributed by atoms with van der Waals surface area (Å²) in [7, 11) is 0. The van der Waals surface area contributed by atoms with Crippen molar-refractivity contribution in [3.8, 4) is 11.1 Å². The Labute approximate surface area is 127 Å². The van der Waals surface area contributed by atoms with Crippen molar-refractivity contribution in [2.75, 3.05) is 5.73 Å². The maximum absolute atomic E-state index is 13.8. The maximum atomic E-state index is 13.8. The zero-order valence-electron chi connectivity index (χ0n) is 11.7. The highest BCUT2D eigenvalue weighted by Crippen LogP contribution is 2.31. The first-order valence-electron chi connectivity index (χ1n) is 6.44. The van der Waals surface area contributed by atoms with E-state index in [4.69, 9.17) is 22.1 Å². The van der Waals surface area contributed by atoms with Crippen LogP contribution in [-0.4, -0.2) is 12.1 Å². The van der Waals surface area contributed by atoms with Gasteiger partial charge < -0.3 is 10.5 Å². The van der Waals surface area contributed by atoms with E-state index >= 15 is 0 Å². The van der Waals surface area contributed by atoms with Gasteiger partial charge in [-0.1, -0.05) is 23.7 Å². The second kappa shape index (κ2) is 6.14. The van der Waals surface area contributed by atoms with E-state index in [0.29, 0.717) is 16.1 Å². The average molecular weight is 308 g/mol.